The zero-order valence-electron chi connectivity index (χ0n) is 12.6. The minimum atomic E-state index is 0. The molecule has 1 amide bonds. The van der Waals surface area contributed by atoms with E-state index in [1.807, 2.05) is 19.1 Å². The molecule has 1 aliphatic heterocycles. The maximum absolute atomic E-state index is 12.2. The average Bonchev–Trinajstić information content (AvgIpc) is 2.41. The predicted octanol–water partition coefficient (Wildman–Crippen LogP) is 2.25. The fraction of sp³-hybridized carbons (Fsp3) is 0.562. The number of phenolic OH excluding ortho intramolecular Hbond substituents is 1. The van der Waals surface area contributed by atoms with Crippen molar-refractivity contribution in [3.63, 3.8) is 0 Å². The third-order valence-corrected chi connectivity index (χ3v) is 3.86. The molecule has 3 N–H and O–H groups in total. The SMILES string of the molecule is CC(Cc1ccc(O)cc1)NC(=O)[C@H]1CCN[C@@H](C)C1.Cl. The molecule has 1 aliphatic rings. The molecule has 1 heterocycles. The van der Waals surface area contributed by atoms with Crippen LogP contribution in [-0.2, 0) is 11.2 Å². The molecule has 4 nitrogen and oxygen atoms in total. The summed E-state index contributed by atoms with van der Waals surface area (Å²) in [5.74, 6) is 0.576. The molecule has 2 rings (SSSR count). The number of halogens is 1. The Labute approximate surface area is 132 Å². The van der Waals surface area contributed by atoms with Crippen molar-refractivity contribution in [2.24, 2.45) is 5.92 Å². The van der Waals surface area contributed by atoms with E-state index in [1.54, 1.807) is 12.1 Å². The van der Waals surface area contributed by atoms with Gasteiger partial charge in [-0.25, -0.2) is 0 Å². The Morgan fingerprint density at radius 1 is 1.43 bits per heavy atom. The van der Waals surface area contributed by atoms with Gasteiger partial charge in [0.25, 0.3) is 0 Å². The van der Waals surface area contributed by atoms with E-state index in [4.69, 9.17) is 0 Å². The number of hydrogen-bond donors (Lipinski definition) is 3. The summed E-state index contributed by atoms with van der Waals surface area (Å²) < 4.78 is 0. The first-order valence-electron chi connectivity index (χ1n) is 7.36. The molecular weight excluding hydrogens is 288 g/mol. The lowest BCUT2D eigenvalue weighted by Crippen LogP contribution is -2.45. The molecule has 5 heteroatoms. The van der Waals surface area contributed by atoms with Gasteiger partial charge in [0.15, 0.2) is 0 Å². The van der Waals surface area contributed by atoms with Gasteiger partial charge in [-0.3, -0.25) is 4.79 Å². The molecule has 1 fully saturated rings. The maximum atomic E-state index is 12.2. The minimum Gasteiger partial charge on any atom is -0.508 e. The first kappa shape index (κ1) is 17.8. The van der Waals surface area contributed by atoms with Crippen molar-refractivity contribution in [3.05, 3.63) is 29.8 Å². The van der Waals surface area contributed by atoms with Crippen LogP contribution in [0.2, 0.25) is 0 Å². The molecule has 0 spiro atoms. The van der Waals surface area contributed by atoms with Gasteiger partial charge in [0.2, 0.25) is 5.91 Å². The van der Waals surface area contributed by atoms with Crippen molar-refractivity contribution in [1.29, 1.82) is 0 Å². The zero-order valence-corrected chi connectivity index (χ0v) is 13.5. The average molecular weight is 313 g/mol. The molecular formula is C16H25ClN2O2. The van der Waals surface area contributed by atoms with Crippen molar-refractivity contribution in [1.82, 2.24) is 10.6 Å². The third kappa shape index (κ3) is 5.56. The molecule has 0 saturated carbocycles. The van der Waals surface area contributed by atoms with Crippen LogP contribution in [0.5, 0.6) is 5.75 Å². The monoisotopic (exact) mass is 312 g/mol. The quantitative estimate of drug-likeness (QED) is 0.799. The van der Waals surface area contributed by atoms with Gasteiger partial charge in [-0.05, 0) is 57.4 Å². The van der Waals surface area contributed by atoms with Crippen molar-refractivity contribution in [2.45, 2.75) is 45.2 Å². The molecule has 3 atom stereocenters. The molecule has 1 aromatic carbocycles. The van der Waals surface area contributed by atoms with Crippen LogP contribution in [0, 0.1) is 5.92 Å². The Hall–Kier alpha value is -1.26. The molecule has 1 saturated heterocycles. The van der Waals surface area contributed by atoms with E-state index in [1.165, 1.54) is 0 Å². The highest BCUT2D eigenvalue weighted by Gasteiger charge is 2.25. The van der Waals surface area contributed by atoms with Crippen LogP contribution < -0.4 is 10.6 Å². The van der Waals surface area contributed by atoms with E-state index in [2.05, 4.69) is 17.6 Å². The highest BCUT2D eigenvalue weighted by Crippen LogP contribution is 2.17. The Morgan fingerprint density at radius 3 is 2.71 bits per heavy atom. The number of amides is 1. The van der Waals surface area contributed by atoms with E-state index in [0.29, 0.717) is 6.04 Å². The second-order valence-electron chi connectivity index (χ2n) is 5.86. The number of carbonyl (C=O) groups is 1. The number of nitrogens with one attached hydrogen (secondary N) is 2. The van der Waals surface area contributed by atoms with Crippen molar-refractivity contribution in [2.75, 3.05) is 6.54 Å². The second-order valence-corrected chi connectivity index (χ2v) is 5.86. The first-order valence-corrected chi connectivity index (χ1v) is 7.36. The van der Waals surface area contributed by atoms with Gasteiger partial charge < -0.3 is 15.7 Å². The normalized spacial score (nSPS) is 23.0. The lowest BCUT2D eigenvalue weighted by molar-refractivity contribution is -0.126. The van der Waals surface area contributed by atoms with Crippen LogP contribution in [0.4, 0.5) is 0 Å². The highest BCUT2D eigenvalue weighted by molar-refractivity contribution is 5.85. The van der Waals surface area contributed by atoms with Gasteiger partial charge in [0.05, 0.1) is 0 Å². The standard InChI is InChI=1S/C16H24N2O2.ClH/c1-11-10-14(7-8-17-11)16(20)18-12(2)9-13-3-5-15(19)6-4-13;/h3-6,11-12,14,17,19H,7-10H2,1-2H3,(H,18,20);1H/t11-,12?,14-;/m0./s1. The summed E-state index contributed by atoms with van der Waals surface area (Å²) in [4.78, 5) is 12.2. The van der Waals surface area contributed by atoms with Gasteiger partial charge in [-0.15, -0.1) is 12.4 Å². The number of piperidine rings is 1. The van der Waals surface area contributed by atoms with E-state index >= 15 is 0 Å². The summed E-state index contributed by atoms with van der Waals surface area (Å²) in [5.41, 5.74) is 1.12. The number of phenols is 1. The van der Waals surface area contributed by atoms with Crippen LogP contribution >= 0.6 is 12.4 Å². The Balaban J connectivity index is 0.00000220. The van der Waals surface area contributed by atoms with Gasteiger partial charge in [0, 0.05) is 18.0 Å². The third-order valence-electron chi connectivity index (χ3n) is 3.86. The van der Waals surface area contributed by atoms with Crippen LogP contribution in [0.15, 0.2) is 24.3 Å². The highest BCUT2D eigenvalue weighted by atomic mass is 35.5. The lowest BCUT2D eigenvalue weighted by Gasteiger charge is -2.28. The zero-order chi connectivity index (χ0) is 14.5. The van der Waals surface area contributed by atoms with Crippen molar-refractivity contribution >= 4 is 18.3 Å². The fourth-order valence-corrected chi connectivity index (χ4v) is 2.77. The molecule has 1 aromatic rings. The van der Waals surface area contributed by atoms with Crippen molar-refractivity contribution in [3.8, 4) is 5.75 Å². The molecule has 21 heavy (non-hydrogen) atoms. The molecule has 118 valence electrons. The summed E-state index contributed by atoms with van der Waals surface area (Å²) in [6.45, 7) is 5.07. The fourth-order valence-electron chi connectivity index (χ4n) is 2.77. The molecule has 0 aromatic heterocycles. The lowest BCUT2D eigenvalue weighted by atomic mass is 9.92. The molecule has 0 bridgehead atoms. The Kier molecular flexibility index (Phi) is 6.99. The summed E-state index contributed by atoms with van der Waals surface area (Å²) in [6.07, 6.45) is 2.62. The van der Waals surface area contributed by atoms with Crippen molar-refractivity contribution < 1.29 is 9.90 Å². The molecule has 0 aliphatic carbocycles. The van der Waals surface area contributed by atoms with Gasteiger partial charge in [-0.2, -0.15) is 0 Å². The number of benzene rings is 1. The topological polar surface area (TPSA) is 61.4 Å². The molecule has 0 radical (unpaired) electrons. The van der Waals surface area contributed by atoms with Crippen LogP contribution in [0.25, 0.3) is 0 Å². The van der Waals surface area contributed by atoms with E-state index in [0.717, 1.165) is 31.4 Å². The van der Waals surface area contributed by atoms with Crippen LogP contribution in [-0.4, -0.2) is 29.6 Å². The van der Waals surface area contributed by atoms with E-state index < -0.39 is 0 Å². The number of carbonyl (C=O) groups excluding carboxylic acids is 1. The second kappa shape index (κ2) is 8.25. The summed E-state index contributed by atoms with van der Waals surface area (Å²) in [7, 11) is 0. The molecule has 1 unspecified atom stereocenters. The van der Waals surface area contributed by atoms with Crippen LogP contribution in [0.3, 0.4) is 0 Å². The van der Waals surface area contributed by atoms with Gasteiger partial charge in [-0.1, -0.05) is 12.1 Å². The first-order chi connectivity index (χ1) is 9.54. The summed E-state index contributed by atoms with van der Waals surface area (Å²) in [6, 6.07) is 7.68. The number of rotatable bonds is 4. The maximum Gasteiger partial charge on any atom is 0.223 e. The Bertz CT molecular complexity index is 450. The number of hydrogen-bond acceptors (Lipinski definition) is 3. The minimum absolute atomic E-state index is 0. The van der Waals surface area contributed by atoms with Gasteiger partial charge >= 0.3 is 0 Å². The number of aromatic hydroxyl groups is 1. The van der Waals surface area contributed by atoms with E-state index in [-0.39, 0.29) is 36.0 Å². The van der Waals surface area contributed by atoms with Crippen LogP contribution in [0.1, 0.15) is 32.3 Å². The van der Waals surface area contributed by atoms with Gasteiger partial charge in [0.1, 0.15) is 5.75 Å². The van der Waals surface area contributed by atoms with E-state index in [9.17, 15) is 9.90 Å². The Morgan fingerprint density at radius 2 is 2.10 bits per heavy atom. The predicted molar refractivity (Wildman–Crippen MR) is 86.9 cm³/mol. The summed E-state index contributed by atoms with van der Waals surface area (Å²) in [5, 5.41) is 15.7. The summed E-state index contributed by atoms with van der Waals surface area (Å²) >= 11 is 0. The smallest absolute Gasteiger partial charge is 0.223 e. The largest absolute Gasteiger partial charge is 0.508 e.